The van der Waals surface area contributed by atoms with Crippen molar-refractivity contribution in [3.63, 3.8) is 0 Å². The second kappa shape index (κ2) is 5.64. The Labute approximate surface area is 116 Å². The number of alkyl halides is 2. The van der Waals surface area contributed by atoms with E-state index in [0.29, 0.717) is 15.7 Å². The monoisotopic (exact) mass is 333 g/mol. The summed E-state index contributed by atoms with van der Waals surface area (Å²) in [5.74, 6) is -0.146. The summed E-state index contributed by atoms with van der Waals surface area (Å²) in [7, 11) is 0. The van der Waals surface area contributed by atoms with Gasteiger partial charge in [-0.15, -0.1) is 0 Å². The molecule has 0 spiro atoms. The van der Waals surface area contributed by atoms with Crippen molar-refractivity contribution in [1.29, 1.82) is 0 Å². The predicted octanol–water partition coefficient (Wildman–Crippen LogP) is 4.10. The van der Waals surface area contributed by atoms with Crippen molar-refractivity contribution in [3.8, 4) is 0 Å². The van der Waals surface area contributed by atoms with Crippen molar-refractivity contribution < 1.29 is 13.2 Å². The Morgan fingerprint density at radius 2 is 2.16 bits per heavy atom. The lowest BCUT2D eigenvalue weighted by atomic mass is 10.2. The standard InChI is InChI=1S/C12H11BrF3N3/c1-7-4-9(14)8(13)5-10(7)18-6-11-17-2-3-19(11)12(15)16/h2-5,12,18H,6H2,1H3. The number of hydrogen-bond donors (Lipinski definition) is 1. The van der Waals surface area contributed by atoms with Gasteiger partial charge in [0.2, 0.25) is 0 Å². The second-order valence-corrected chi connectivity index (χ2v) is 4.82. The Morgan fingerprint density at radius 1 is 1.42 bits per heavy atom. The van der Waals surface area contributed by atoms with Gasteiger partial charge in [0.05, 0.1) is 11.0 Å². The molecule has 102 valence electrons. The van der Waals surface area contributed by atoms with E-state index in [9.17, 15) is 13.2 Å². The van der Waals surface area contributed by atoms with E-state index in [2.05, 4.69) is 26.2 Å². The summed E-state index contributed by atoms with van der Waals surface area (Å²) in [4.78, 5) is 3.86. The maximum Gasteiger partial charge on any atom is 0.319 e. The fraction of sp³-hybridized carbons (Fsp3) is 0.250. The van der Waals surface area contributed by atoms with Crippen LogP contribution in [0.15, 0.2) is 29.0 Å². The van der Waals surface area contributed by atoms with Gasteiger partial charge in [-0.25, -0.2) is 9.37 Å². The smallest absolute Gasteiger partial charge is 0.319 e. The van der Waals surface area contributed by atoms with Crippen LogP contribution in [0.1, 0.15) is 17.9 Å². The molecule has 2 aromatic rings. The summed E-state index contributed by atoms with van der Waals surface area (Å²) in [6, 6.07) is 2.94. The normalized spacial score (nSPS) is 11.1. The van der Waals surface area contributed by atoms with E-state index in [-0.39, 0.29) is 18.2 Å². The van der Waals surface area contributed by atoms with Crippen molar-refractivity contribution in [2.75, 3.05) is 5.32 Å². The van der Waals surface area contributed by atoms with Gasteiger partial charge in [-0.3, -0.25) is 4.57 Å². The molecule has 3 nitrogen and oxygen atoms in total. The first-order valence-electron chi connectivity index (χ1n) is 5.48. The van der Waals surface area contributed by atoms with Crippen LogP contribution in [0.2, 0.25) is 0 Å². The zero-order valence-corrected chi connectivity index (χ0v) is 11.6. The second-order valence-electron chi connectivity index (χ2n) is 3.96. The summed E-state index contributed by atoms with van der Waals surface area (Å²) >= 11 is 3.08. The minimum Gasteiger partial charge on any atom is -0.378 e. The Kier molecular flexibility index (Phi) is 4.14. The molecular weight excluding hydrogens is 323 g/mol. The number of aryl methyl sites for hydroxylation is 1. The molecule has 0 bridgehead atoms. The first kappa shape index (κ1) is 13.9. The molecule has 1 aromatic carbocycles. The Morgan fingerprint density at radius 3 is 2.84 bits per heavy atom. The van der Waals surface area contributed by atoms with E-state index in [1.165, 1.54) is 18.5 Å². The third kappa shape index (κ3) is 3.09. The molecule has 2 rings (SSSR count). The lowest BCUT2D eigenvalue weighted by molar-refractivity contribution is 0.0673. The highest BCUT2D eigenvalue weighted by molar-refractivity contribution is 9.10. The fourth-order valence-electron chi connectivity index (χ4n) is 1.67. The van der Waals surface area contributed by atoms with Gasteiger partial charge in [-0.05, 0) is 40.5 Å². The number of imidazole rings is 1. The Bertz CT molecular complexity index is 584. The molecule has 1 heterocycles. The Balaban J connectivity index is 2.15. The summed E-state index contributed by atoms with van der Waals surface area (Å²) < 4.78 is 39.6. The number of anilines is 1. The van der Waals surface area contributed by atoms with E-state index >= 15 is 0 Å². The average Bonchev–Trinajstić information content (AvgIpc) is 2.80. The van der Waals surface area contributed by atoms with Gasteiger partial charge in [0, 0.05) is 18.1 Å². The molecule has 0 saturated heterocycles. The molecule has 0 radical (unpaired) electrons. The van der Waals surface area contributed by atoms with Crippen LogP contribution in [0, 0.1) is 12.7 Å². The number of hydrogen-bond acceptors (Lipinski definition) is 2. The van der Waals surface area contributed by atoms with Crippen LogP contribution in [0.4, 0.5) is 18.9 Å². The molecule has 1 N–H and O–H groups in total. The summed E-state index contributed by atoms with van der Waals surface area (Å²) in [6.07, 6.45) is 2.53. The first-order chi connectivity index (χ1) is 8.99. The minimum atomic E-state index is -2.62. The molecule has 0 aliphatic heterocycles. The molecule has 19 heavy (non-hydrogen) atoms. The van der Waals surface area contributed by atoms with E-state index < -0.39 is 6.55 Å². The van der Waals surface area contributed by atoms with Gasteiger partial charge in [0.15, 0.2) is 0 Å². The number of benzene rings is 1. The van der Waals surface area contributed by atoms with E-state index in [0.717, 1.165) is 4.57 Å². The van der Waals surface area contributed by atoms with Crippen LogP contribution in [-0.4, -0.2) is 9.55 Å². The number of nitrogens with one attached hydrogen (secondary N) is 1. The maximum atomic E-state index is 13.3. The zero-order valence-electron chi connectivity index (χ0n) is 10.0. The third-order valence-electron chi connectivity index (χ3n) is 2.66. The van der Waals surface area contributed by atoms with Crippen LogP contribution in [0.3, 0.4) is 0 Å². The molecule has 0 amide bonds. The SMILES string of the molecule is Cc1cc(F)c(Br)cc1NCc1nccn1C(F)F. The molecule has 0 fully saturated rings. The van der Waals surface area contributed by atoms with Crippen LogP contribution in [-0.2, 0) is 6.54 Å². The van der Waals surface area contributed by atoms with Crippen molar-refractivity contribution in [2.45, 2.75) is 20.0 Å². The van der Waals surface area contributed by atoms with E-state index in [4.69, 9.17) is 0 Å². The van der Waals surface area contributed by atoms with Crippen LogP contribution >= 0.6 is 15.9 Å². The largest absolute Gasteiger partial charge is 0.378 e. The lowest BCUT2D eigenvalue weighted by Gasteiger charge is -2.11. The summed E-state index contributed by atoms with van der Waals surface area (Å²) in [5.41, 5.74) is 1.35. The lowest BCUT2D eigenvalue weighted by Crippen LogP contribution is -2.09. The molecule has 7 heteroatoms. The zero-order chi connectivity index (χ0) is 14.0. The molecule has 1 aromatic heterocycles. The quantitative estimate of drug-likeness (QED) is 0.912. The molecular formula is C12H11BrF3N3. The van der Waals surface area contributed by atoms with E-state index in [1.807, 2.05) is 0 Å². The molecule has 0 aliphatic carbocycles. The first-order valence-corrected chi connectivity index (χ1v) is 6.27. The number of halogens is 4. The Hall–Kier alpha value is -1.50. The molecule has 0 unspecified atom stereocenters. The maximum absolute atomic E-state index is 13.3. The topological polar surface area (TPSA) is 29.9 Å². The van der Waals surface area contributed by atoms with Crippen molar-refractivity contribution >= 4 is 21.6 Å². The van der Waals surface area contributed by atoms with Gasteiger partial charge in [-0.2, -0.15) is 8.78 Å². The highest BCUT2D eigenvalue weighted by atomic mass is 79.9. The third-order valence-corrected chi connectivity index (χ3v) is 3.27. The highest BCUT2D eigenvalue weighted by Gasteiger charge is 2.12. The van der Waals surface area contributed by atoms with Gasteiger partial charge in [-0.1, -0.05) is 0 Å². The number of nitrogens with zero attached hydrogens (tertiary/aromatic N) is 2. The van der Waals surface area contributed by atoms with Crippen molar-refractivity contribution in [1.82, 2.24) is 9.55 Å². The van der Waals surface area contributed by atoms with Crippen molar-refractivity contribution in [2.24, 2.45) is 0 Å². The van der Waals surface area contributed by atoms with Crippen LogP contribution in [0.5, 0.6) is 0 Å². The summed E-state index contributed by atoms with van der Waals surface area (Å²) in [5, 5.41) is 2.97. The molecule has 0 atom stereocenters. The highest BCUT2D eigenvalue weighted by Crippen LogP contribution is 2.24. The predicted molar refractivity (Wildman–Crippen MR) is 69.6 cm³/mol. The van der Waals surface area contributed by atoms with Crippen molar-refractivity contribution in [3.05, 3.63) is 46.2 Å². The number of rotatable bonds is 4. The van der Waals surface area contributed by atoms with E-state index in [1.54, 1.807) is 13.0 Å². The average molecular weight is 334 g/mol. The summed E-state index contributed by atoms with van der Waals surface area (Å²) in [6.45, 7) is -0.756. The molecule has 0 saturated carbocycles. The van der Waals surface area contributed by atoms with Gasteiger partial charge < -0.3 is 5.32 Å². The van der Waals surface area contributed by atoms with Gasteiger partial charge >= 0.3 is 6.55 Å². The van der Waals surface area contributed by atoms with Gasteiger partial charge in [0.1, 0.15) is 11.6 Å². The van der Waals surface area contributed by atoms with Gasteiger partial charge in [0.25, 0.3) is 0 Å². The molecule has 0 aliphatic rings. The van der Waals surface area contributed by atoms with Crippen LogP contribution < -0.4 is 5.32 Å². The van der Waals surface area contributed by atoms with Crippen LogP contribution in [0.25, 0.3) is 0 Å². The minimum absolute atomic E-state index is 0.135. The number of aromatic nitrogens is 2. The fourth-order valence-corrected chi connectivity index (χ4v) is 2.01.